The summed E-state index contributed by atoms with van der Waals surface area (Å²) in [6.07, 6.45) is 3.69. The highest BCUT2D eigenvalue weighted by molar-refractivity contribution is 7.11. The molecule has 0 aromatic carbocycles. The molecule has 0 amide bonds. The van der Waals surface area contributed by atoms with Crippen LogP contribution >= 0.6 is 11.3 Å². The molecule has 1 aliphatic rings. The molecule has 0 spiro atoms. The molecule has 1 saturated carbocycles. The van der Waals surface area contributed by atoms with Gasteiger partial charge in [0, 0.05) is 18.5 Å². The monoisotopic (exact) mass is 268 g/mol. The summed E-state index contributed by atoms with van der Waals surface area (Å²) >= 11 is 1.86. The third kappa shape index (κ3) is 2.76. The van der Waals surface area contributed by atoms with E-state index in [1.165, 1.54) is 34.8 Å². The summed E-state index contributed by atoms with van der Waals surface area (Å²) < 4.78 is 5.16. The predicted octanol–water partition coefficient (Wildman–Crippen LogP) is 3.01. The molecule has 2 rings (SSSR count). The molecule has 1 fully saturated rings. The molecule has 2 atom stereocenters. The Bertz CT molecular complexity index is 385. The van der Waals surface area contributed by atoms with E-state index in [1.807, 2.05) is 11.3 Å². The van der Waals surface area contributed by atoms with Crippen LogP contribution in [0.15, 0.2) is 0 Å². The molecular formula is C14H24N2OS. The average molecular weight is 268 g/mol. The van der Waals surface area contributed by atoms with E-state index >= 15 is 0 Å². The molecule has 4 heteroatoms. The van der Waals surface area contributed by atoms with Crippen LogP contribution in [0.1, 0.15) is 41.8 Å². The summed E-state index contributed by atoms with van der Waals surface area (Å²) in [5, 5.41) is 4.98. The molecule has 18 heavy (non-hydrogen) atoms. The molecule has 102 valence electrons. The number of aromatic nitrogens is 1. The third-order valence-corrected chi connectivity index (χ3v) is 5.25. The molecule has 1 N–H and O–H groups in total. The lowest BCUT2D eigenvalue weighted by atomic mass is 9.97. The van der Waals surface area contributed by atoms with Gasteiger partial charge in [-0.05, 0) is 39.0 Å². The van der Waals surface area contributed by atoms with E-state index in [0.29, 0.717) is 0 Å². The van der Waals surface area contributed by atoms with Crippen LogP contribution in [0, 0.1) is 19.8 Å². The number of rotatable bonds is 5. The van der Waals surface area contributed by atoms with Gasteiger partial charge >= 0.3 is 0 Å². The van der Waals surface area contributed by atoms with Crippen molar-refractivity contribution >= 4 is 11.3 Å². The van der Waals surface area contributed by atoms with Gasteiger partial charge in [-0.3, -0.25) is 0 Å². The van der Waals surface area contributed by atoms with E-state index < -0.39 is 0 Å². The predicted molar refractivity (Wildman–Crippen MR) is 76.2 cm³/mol. The summed E-state index contributed by atoms with van der Waals surface area (Å²) in [6, 6.07) is 0. The van der Waals surface area contributed by atoms with E-state index in [2.05, 4.69) is 26.1 Å². The molecular weight excluding hydrogens is 244 g/mol. The van der Waals surface area contributed by atoms with Crippen LogP contribution in [0.5, 0.6) is 0 Å². The van der Waals surface area contributed by atoms with Crippen molar-refractivity contribution in [1.29, 1.82) is 0 Å². The Morgan fingerprint density at radius 3 is 2.78 bits per heavy atom. The Kier molecular flexibility index (Phi) is 4.41. The van der Waals surface area contributed by atoms with E-state index in [1.54, 1.807) is 7.11 Å². The first-order chi connectivity index (χ1) is 8.57. The Balaban J connectivity index is 2.19. The topological polar surface area (TPSA) is 34.1 Å². The van der Waals surface area contributed by atoms with E-state index in [-0.39, 0.29) is 5.54 Å². The van der Waals surface area contributed by atoms with Crippen LogP contribution in [0.2, 0.25) is 0 Å². The fourth-order valence-electron chi connectivity index (χ4n) is 2.79. The van der Waals surface area contributed by atoms with Gasteiger partial charge < -0.3 is 10.1 Å². The van der Waals surface area contributed by atoms with Crippen molar-refractivity contribution in [3.05, 3.63) is 15.6 Å². The van der Waals surface area contributed by atoms with Crippen LogP contribution in [0.3, 0.4) is 0 Å². The lowest BCUT2D eigenvalue weighted by Gasteiger charge is -2.28. The molecule has 0 bridgehead atoms. The van der Waals surface area contributed by atoms with Crippen LogP contribution in [0.4, 0.5) is 0 Å². The van der Waals surface area contributed by atoms with E-state index in [4.69, 9.17) is 9.72 Å². The molecule has 1 aromatic rings. The van der Waals surface area contributed by atoms with Crippen molar-refractivity contribution in [3.63, 3.8) is 0 Å². The number of methoxy groups -OCH3 is 1. The molecule has 0 aliphatic heterocycles. The molecule has 1 heterocycles. The lowest BCUT2D eigenvalue weighted by Crippen LogP contribution is -2.41. The van der Waals surface area contributed by atoms with Crippen LogP contribution in [-0.4, -0.2) is 25.2 Å². The first-order valence-electron chi connectivity index (χ1n) is 6.76. The zero-order valence-corrected chi connectivity index (χ0v) is 12.7. The second-order valence-electron chi connectivity index (χ2n) is 5.51. The highest BCUT2D eigenvalue weighted by atomic mass is 32.1. The lowest BCUT2D eigenvalue weighted by molar-refractivity contribution is 0.182. The minimum absolute atomic E-state index is 0.0988. The number of ether oxygens (including phenoxy) is 1. The minimum Gasteiger partial charge on any atom is -0.383 e. The smallest absolute Gasteiger partial charge is 0.113 e. The summed E-state index contributed by atoms with van der Waals surface area (Å²) in [6.45, 7) is 8.28. The van der Waals surface area contributed by atoms with Gasteiger partial charge in [0.15, 0.2) is 0 Å². The van der Waals surface area contributed by atoms with Gasteiger partial charge in [0.05, 0.1) is 17.8 Å². The maximum absolute atomic E-state index is 5.16. The van der Waals surface area contributed by atoms with Gasteiger partial charge in [-0.25, -0.2) is 4.98 Å². The first-order valence-corrected chi connectivity index (χ1v) is 7.57. The van der Waals surface area contributed by atoms with Crippen LogP contribution in [-0.2, 0) is 10.3 Å². The fourth-order valence-corrected chi connectivity index (χ4v) is 3.91. The SMILES string of the molecule is COCCNC1(c2nc(C)c(C)s2)CCC(C)C1. The average Bonchev–Trinajstić information content (AvgIpc) is 2.86. The highest BCUT2D eigenvalue weighted by Crippen LogP contribution is 2.43. The van der Waals surface area contributed by atoms with Gasteiger partial charge in [0.2, 0.25) is 0 Å². The standard InChI is InChI=1S/C14H24N2OS/c1-10-5-6-14(9-10,15-7-8-17-4)13-16-11(2)12(3)18-13/h10,15H,5-9H2,1-4H3. The van der Waals surface area contributed by atoms with Gasteiger partial charge in [0.1, 0.15) is 5.01 Å². The molecule has 1 aliphatic carbocycles. The maximum Gasteiger partial charge on any atom is 0.113 e. The van der Waals surface area contributed by atoms with Crippen molar-refractivity contribution in [2.24, 2.45) is 5.92 Å². The summed E-state index contributed by atoms with van der Waals surface area (Å²) in [5.41, 5.74) is 1.28. The summed E-state index contributed by atoms with van der Waals surface area (Å²) in [4.78, 5) is 6.14. The Morgan fingerprint density at radius 1 is 1.50 bits per heavy atom. The zero-order chi connectivity index (χ0) is 13.2. The number of hydrogen-bond acceptors (Lipinski definition) is 4. The number of aryl methyl sites for hydroxylation is 2. The summed E-state index contributed by atoms with van der Waals surface area (Å²) in [5.74, 6) is 0.782. The van der Waals surface area contributed by atoms with Gasteiger partial charge in [-0.1, -0.05) is 6.92 Å². The second-order valence-corrected chi connectivity index (χ2v) is 6.71. The number of thiazole rings is 1. The normalized spacial score (nSPS) is 27.9. The minimum atomic E-state index is 0.0988. The van der Waals surface area contributed by atoms with E-state index in [9.17, 15) is 0 Å². The van der Waals surface area contributed by atoms with Gasteiger partial charge in [-0.2, -0.15) is 0 Å². The largest absolute Gasteiger partial charge is 0.383 e. The zero-order valence-electron chi connectivity index (χ0n) is 11.9. The Hall–Kier alpha value is -0.450. The number of nitrogens with one attached hydrogen (secondary N) is 1. The summed E-state index contributed by atoms with van der Waals surface area (Å²) in [7, 11) is 1.75. The molecule has 1 aromatic heterocycles. The van der Waals surface area contributed by atoms with Gasteiger partial charge in [-0.15, -0.1) is 11.3 Å². The fraction of sp³-hybridized carbons (Fsp3) is 0.786. The Labute approximate surface area is 114 Å². The van der Waals surface area contributed by atoms with E-state index in [0.717, 1.165) is 19.1 Å². The van der Waals surface area contributed by atoms with Crippen molar-refractivity contribution in [3.8, 4) is 0 Å². The van der Waals surface area contributed by atoms with Crippen molar-refractivity contribution in [2.45, 2.75) is 45.6 Å². The maximum atomic E-state index is 5.16. The quantitative estimate of drug-likeness (QED) is 0.834. The van der Waals surface area contributed by atoms with Crippen LogP contribution in [0.25, 0.3) is 0 Å². The number of nitrogens with zero attached hydrogens (tertiary/aromatic N) is 1. The number of hydrogen-bond donors (Lipinski definition) is 1. The van der Waals surface area contributed by atoms with Crippen molar-refractivity contribution in [2.75, 3.05) is 20.3 Å². The third-order valence-electron chi connectivity index (χ3n) is 3.97. The Morgan fingerprint density at radius 2 is 2.28 bits per heavy atom. The van der Waals surface area contributed by atoms with Crippen LogP contribution < -0.4 is 5.32 Å². The van der Waals surface area contributed by atoms with Crippen molar-refractivity contribution < 1.29 is 4.74 Å². The first kappa shape index (κ1) is 14.0. The van der Waals surface area contributed by atoms with Crippen molar-refractivity contribution in [1.82, 2.24) is 10.3 Å². The molecule has 0 radical (unpaired) electrons. The second kappa shape index (κ2) is 5.68. The highest BCUT2D eigenvalue weighted by Gasteiger charge is 2.41. The molecule has 3 nitrogen and oxygen atoms in total. The van der Waals surface area contributed by atoms with Gasteiger partial charge in [0.25, 0.3) is 0 Å². The molecule has 0 saturated heterocycles. The molecule has 2 unspecified atom stereocenters.